The minimum atomic E-state index is -0.493. The summed E-state index contributed by atoms with van der Waals surface area (Å²) in [5.74, 6) is -0.333. The molecule has 1 saturated heterocycles. The highest BCUT2D eigenvalue weighted by atomic mass is 35.5. The van der Waals surface area contributed by atoms with Crippen LogP contribution in [0.25, 0.3) is 0 Å². The van der Waals surface area contributed by atoms with Crippen molar-refractivity contribution in [2.24, 2.45) is 0 Å². The fourth-order valence-corrected chi connectivity index (χ4v) is 3.29. The lowest BCUT2D eigenvalue weighted by atomic mass is 10.1. The zero-order chi connectivity index (χ0) is 19.4. The molecule has 7 nitrogen and oxygen atoms in total. The van der Waals surface area contributed by atoms with E-state index < -0.39 is 4.92 Å². The number of non-ortho nitro benzene ring substituents is 1. The van der Waals surface area contributed by atoms with E-state index in [-0.39, 0.29) is 11.6 Å². The Morgan fingerprint density at radius 3 is 2.41 bits per heavy atom. The molecule has 2 aromatic rings. The first-order valence-corrected chi connectivity index (χ1v) is 9.18. The number of nitro benzene ring substituents is 1. The zero-order valence-corrected chi connectivity index (χ0v) is 15.8. The summed E-state index contributed by atoms with van der Waals surface area (Å²) in [5, 5.41) is 14.2. The second kappa shape index (κ2) is 8.37. The van der Waals surface area contributed by atoms with Crippen molar-refractivity contribution in [1.82, 2.24) is 4.90 Å². The van der Waals surface area contributed by atoms with Gasteiger partial charge in [0.2, 0.25) is 0 Å². The number of carbonyl (C=O) groups excluding carboxylic acids is 1. The minimum absolute atomic E-state index is 0.0520. The van der Waals surface area contributed by atoms with Crippen molar-refractivity contribution >= 4 is 34.6 Å². The van der Waals surface area contributed by atoms with Crippen LogP contribution in [-0.4, -0.2) is 48.5 Å². The molecule has 1 fully saturated rings. The molecular weight excluding hydrogens is 368 g/mol. The molecule has 0 aliphatic carbocycles. The van der Waals surface area contributed by atoms with Crippen LogP contribution in [-0.2, 0) is 0 Å². The van der Waals surface area contributed by atoms with Crippen molar-refractivity contribution in [3.05, 3.63) is 63.2 Å². The van der Waals surface area contributed by atoms with Gasteiger partial charge in [-0.15, -0.1) is 0 Å². The maximum atomic E-state index is 12.6. The molecule has 1 aliphatic heterocycles. The zero-order valence-electron chi connectivity index (χ0n) is 15.0. The Bertz CT molecular complexity index is 833. The molecule has 142 valence electrons. The molecule has 1 aliphatic rings. The van der Waals surface area contributed by atoms with Crippen LogP contribution < -0.4 is 10.2 Å². The molecule has 0 spiro atoms. The van der Waals surface area contributed by atoms with Gasteiger partial charge in [0.15, 0.2) is 0 Å². The molecule has 0 bridgehead atoms. The van der Waals surface area contributed by atoms with E-state index in [4.69, 9.17) is 11.6 Å². The van der Waals surface area contributed by atoms with Crippen molar-refractivity contribution in [2.45, 2.75) is 6.92 Å². The molecule has 0 saturated carbocycles. The van der Waals surface area contributed by atoms with Gasteiger partial charge >= 0.3 is 0 Å². The highest BCUT2D eigenvalue weighted by Gasteiger charge is 2.20. The lowest BCUT2D eigenvalue weighted by Crippen LogP contribution is -2.46. The largest absolute Gasteiger partial charge is 0.367 e. The molecule has 0 unspecified atom stereocenters. The summed E-state index contributed by atoms with van der Waals surface area (Å²) in [5.41, 5.74) is 1.85. The standard InChI is InChI=1S/C19H21ClN4O3/c1-2-22-9-11-23(12-10-22)18-8-5-15(20)13-17(18)21-19(25)14-3-6-16(7-4-14)24(26)27/h3-8,13H,2,9-12H2,1H3,(H,21,25). The number of nitrogens with zero attached hydrogens (tertiary/aromatic N) is 3. The highest BCUT2D eigenvalue weighted by Crippen LogP contribution is 2.30. The molecule has 8 heteroatoms. The normalized spacial score (nSPS) is 14.8. The van der Waals surface area contributed by atoms with E-state index in [9.17, 15) is 14.9 Å². The van der Waals surface area contributed by atoms with Crippen LogP contribution in [0, 0.1) is 10.1 Å². The third kappa shape index (κ3) is 4.56. The topological polar surface area (TPSA) is 78.7 Å². The van der Waals surface area contributed by atoms with E-state index in [1.165, 1.54) is 24.3 Å². The van der Waals surface area contributed by atoms with Gasteiger partial charge in [0.1, 0.15) is 0 Å². The summed E-state index contributed by atoms with van der Waals surface area (Å²) < 4.78 is 0. The van der Waals surface area contributed by atoms with Crippen molar-refractivity contribution in [3.8, 4) is 0 Å². The van der Waals surface area contributed by atoms with E-state index >= 15 is 0 Å². The number of nitro groups is 1. The average Bonchev–Trinajstić information content (AvgIpc) is 2.68. The number of hydrogen-bond donors (Lipinski definition) is 1. The van der Waals surface area contributed by atoms with Gasteiger partial charge in [-0.25, -0.2) is 0 Å². The number of amides is 1. The van der Waals surface area contributed by atoms with Crippen LogP contribution in [0.1, 0.15) is 17.3 Å². The van der Waals surface area contributed by atoms with Gasteiger partial charge in [0, 0.05) is 48.9 Å². The fraction of sp³-hybridized carbons (Fsp3) is 0.316. The van der Waals surface area contributed by atoms with Crippen molar-refractivity contribution < 1.29 is 9.72 Å². The summed E-state index contributed by atoms with van der Waals surface area (Å²) >= 11 is 6.13. The van der Waals surface area contributed by atoms with Gasteiger partial charge in [-0.1, -0.05) is 18.5 Å². The van der Waals surface area contributed by atoms with E-state index in [0.717, 1.165) is 38.4 Å². The maximum absolute atomic E-state index is 12.6. The Hall–Kier alpha value is -2.64. The van der Waals surface area contributed by atoms with Gasteiger partial charge in [0.25, 0.3) is 11.6 Å². The fourth-order valence-electron chi connectivity index (χ4n) is 3.12. The number of rotatable bonds is 5. The Morgan fingerprint density at radius 2 is 1.81 bits per heavy atom. The van der Waals surface area contributed by atoms with E-state index in [0.29, 0.717) is 16.3 Å². The smallest absolute Gasteiger partial charge is 0.269 e. The molecule has 0 radical (unpaired) electrons. The van der Waals surface area contributed by atoms with Crippen molar-refractivity contribution in [1.29, 1.82) is 0 Å². The van der Waals surface area contributed by atoms with Crippen LogP contribution in [0.5, 0.6) is 0 Å². The quantitative estimate of drug-likeness (QED) is 0.624. The van der Waals surface area contributed by atoms with Crippen LogP contribution in [0.15, 0.2) is 42.5 Å². The predicted octanol–water partition coefficient (Wildman–Crippen LogP) is 3.64. The molecule has 2 aromatic carbocycles. The van der Waals surface area contributed by atoms with E-state index in [1.54, 1.807) is 6.07 Å². The molecule has 1 N–H and O–H groups in total. The highest BCUT2D eigenvalue weighted by molar-refractivity contribution is 6.31. The molecule has 1 amide bonds. The van der Waals surface area contributed by atoms with Gasteiger partial charge < -0.3 is 15.1 Å². The SMILES string of the molecule is CCN1CCN(c2ccc(Cl)cc2NC(=O)c2ccc([N+](=O)[O-])cc2)CC1. The van der Waals surface area contributed by atoms with Gasteiger partial charge in [0.05, 0.1) is 16.3 Å². The van der Waals surface area contributed by atoms with Gasteiger partial charge in [-0.05, 0) is 36.9 Å². The number of anilines is 2. The first-order chi connectivity index (χ1) is 13.0. The van der Waals surface area contributed by atoms with Crippen LogP contribution in [0.2, 0.25) is 5.02 Å². The van der Waals surface area contributed by atoms with E-state index in [1.807, 2.05) is 12.1 Å². The Balaban J connectivity index is 1.78. The first kappa shape index (κ1) is 19.1. The lowest BCUT2D eigenvalue weighted by molar-refractivity contribution is -0.384. The number of likely N-dealkylation sites (N-methyl/N-ethyl adjacent to an activating group) is 1. The molecule has 0 aromatic heterocycles. The number of nitrogens with one attached hydrogen (secondary N) is 1. The lowest BCUT2D eigenvalue weighted by Gasteiger charge is -2.36. The van der Waals surface area contributed by atoms with Crippen LogP contribution >= 0.6 is 11.6 Å². The number of carbonyl (C=O) groups is 1. The Morgan fingerprint density at radius 1 is 1.15 bits per heavy atom. The second-order valence-electron chi connectivity index (χ2n) is 6.34. The predicted molar refractivity (Wildman–Crippen MR) is 107 cm³/mol. The Labute approximate surface area is 162 Å². The van der Waals surface area contributed by atoms with Crippen molar-refractivity contribution in [3.63, 3.8) is 0 Å². The maximum Gasteiger partial charge on any atom is 0.269 e. The molecule has 27 heavy (non-hydrogen) atoms. The molecule has 0 atom stereocenters. The number of piperazine rings is 1. The van der Waals surface area contributed by atoms with Gasteiger partial charge in [-0.2, -0.15) is 0 Å². The summed E-state index contributed by atoms with van der Waals surface area (Å²) in [4.78, 5) is 27.5. The molecule has 1 heterocycles. The monoisotopic (exact) mass is 388 g/mol. The Kier molecular flexibility index (Phi) is 5.93. The van der Waals surface area contributed by atoms with Crippen LogP contribution in [0.3, 0.4) is 0 Å². The number of halogens is 1. The molecular formula is C19H21ClN4O3. The first-order valence-electron chi connectivity index (χ1n) is 8.80. The number of hydrogen-bond acceptors (Lipinski definition) is 5. The summed E-state index contributed by atoms with van der Waals surface area (Å²) in [7, 11) is 0. The second-order valence-corrected chi connectivity index (χ2v) is 6.78. The summed E-state index contributed by atoms with van der Waals surface area (Å²) in [6.45, 7) is 6.85. The summed E-state index contributed by atoms with van der Waals surface area (Å²) in [6, 6.07) is 11.0. The van der Waals surface area contributed by atoms with Gasteiger partial charge in [-0.3, -0.25) is 14.9 Å². The van der Waals surface area contributed by atoms with E-state index in [2.05, 4.69) is 22.0 Å². The molecule has 3 rings (SSSR count). The average molecular weight is 389 g/mol. The minimum Gasteiger partial charge on any atom is -0.367 e. The summed E-state index contributed by atoms with van der Waals surface area (Å²) in [6.07, 6.45) is 0. The van der Waals surface area contributed by atoms with Crippen molar-refractivity contribution in [2.75, 3.05) is 42.9 Å². The third-order valence-corrected chi connectivity index (χ3v) is 4.94. The third-order valence-electron chi connectivity index (χ3n) is 4.71. The van der Waals surface area contributed by atoms with Crippen LogP contribution in [0.4, 0.5) is 17.1 Å². The number of benzene rings is 2.